The Kier molecular flexibility index (Phi) is 11.0. The summed E-state index contributed by atoms with van der Waals surface area (Å²) in [5.41, 5.74) is 1.68. The molecule has 0 aliphatic carbocycles. The second-order valence-corrected chi connectivity index (χ2v) is 13.2. The van der Waals surface area contributed by atoms with Gasteiger partial charge in [-0.3, -0.25) is 14.7 Å². The molecule has 0 spiro atoms. The van der Waals surface area contributed by atoms with Crippen LogP contribution >= 0.6 is 0 Å². The summed E-state index contributed by atoms with van der Waals surface area (Å²) < 4.78 is 57.0. The van der Waals surface area contributed by atoms with E-state index in [2.05, 4.69) is 27.0 Å². The number of hydrogen-bond donors (Lipinski definition) is 1. The first-order valence-corrected chi connectivity index (χ1v) is 16.3. The van der Waals surface area contributed by atoms with Gasteiger partial charge < -0.3 is 29.3 Å². The van der Waals surface area contributed by atoms with Crippen molar-refractivity contribution in [2.75, 3.05) is 69.3 Å². The average molecular weight is 685 g/mol. The maximum atomic E-state index is 13.2. The van der Waals surface area contributed by atoms with Crippen LogP contribution in [0, 0.1) is 6.92 Å². The van der Waals surface area contributed by atoms with E-state index in [1.54, 1.807) is 17.2 Å². The van der Waals surface area contributed by atoms with Gasteiger partial charge in [0, 0.05) is 73.9 Å². The molecule has 0 saturated carbocycles. The number of carbonyl (C=O) groups is 2. The predicted octanol–water partition coefficient (Wildman–Crippen LogP) is 5.88. The van der Waals surface area contributed by atoms with Gasteiger partial charge >= 0.3 is 12.3 Å². The Bertz CT molecular complexity index is 1640. The van der Waals surface area contributed by atoms with Crippen LogP contribution in [-0.2, 0) is 15.7 Å². The van der Waals surface area contributed by atoms with Gasteiger partial charge in [0.05, 0.1) is 30.7 Å². The third kappa shape index (κ3) is 9.38. The molecule has 2 aliphatic rings. The molecule has 2 aromatic heterocycles. The normalized spacial score (nSPS) is 17.5. The Labute approximate surface area is 284 Å². The lowest BCUT2D eigenvalue weighted by Gasteiger charge is -2.40. The van der Waals surface area contributed by atoms with Gasteiger partial charge in [0.2, 0.25) is 5.88 Å². The zero-order valence-corrected chi connectivity index (χ0v) is 28.5. The smallest absolute Gasteiger partial charge is 0.416 e. The van der Waals surface area contributed by atoms with Gasteiger partial charge in [-0.1, -0.05) is 6.07 Å². The summed E-state index contributed by atoms with van der Waals surface area (Å²) in [6, 6.07) is 8.09. The van der Waals surface area contributed by atoms with Crippen LogP contribution in [-0.4, -0.2) is 103 Å². The first kappa shape index (κ1) is 35.9. The Morgan fingerprint density at radius 1 is 1.02 bits per heavy atom. The quantitative estimate of drug-likeness (QED) is 0.311. The minimum Gasteiger partial charge on any atom is -0.475 e. The number of nitrogens with zero attached hydrogens (tertiary/aromatic N) is 5. The number of nitrogens with one attached hydrogen (secondary N) is 1. The standard InChI is InChI=1S/C35H43F3N6O5/c1-23-22-44(33(46)49-34(3,4)5)10-9-42(23)13-16-48-32-30(43-11-14-47-15-12-43)18-26(20-40-32)29-19-28(21-39-24(29)2)41-31(45)25-7-6-8-27(17-25)35(36,37)38/h6-8,17-21,23H,9-16,22H2,1-5H3,(H,41,45). The topological polar surface area (TPSA) is 109 Å². The molecule has 4 heterocycles. The first-order valence-electron chi connectivity index (χ1n) is 16.3. The highest BCUT2D eigenvalue weighted by Crippen LogP contribution is 2.34. The van der Waals surface area contributed by atoms with E-state index in [-0.39, 0.29) is 17.7 Å². The minimum absolute atomic E-state index is 0.117. The predicted molar refractivity (Wildman–Crippen MR) is 179 cm³/mol. The number of aromatic nitrogens is 2. The van der Waals surface area contributed by atoms with Crippen molar-refractivity contribution in [1.29, 1.82) is 0 Å². The lowest BCUT2D eigenvalue weighted by atomic mass is 10.0. The lowest BCUT2D eigenvalue weighted by Crippen LogP contribution is -2.55. The highest BCUT2D eigenvalue weighted by atomic mass is 19.4. The van der Waals surface area contributed by atoms with Crippen molar-refractivity contribution < 1.29 is 37.0 Å². The fourth-order valence-corrected chi connectivity index (χ4v) is 5.74. The number of anilines is 2. The van der Waals surface area contributed by atoms with Crippen molar-refractivity contribution in [3.8, 4) is 17.0 Å². The van der Waals surface area contributed by atoms with Gasteiger partial charge in [0.15, 0.2) is 0 Å². The number of halogens is 3. The summed E-state index contributed by atoms with van der Waals surface area (Å²) in [4.78, 5) is 40.7. The molecule has 1 aromatic carbocycles. The van der Waals surface area contributed by atoms with Crippen molar-refractivity contribution in [3.05, 3.63) is 65.6 Å². The molecule has 1 N–H and O–H groups in total. The van der Waals surface area contributed by atoms with Crippen LogP contribution in [0.4, 0.5) is 29.3 Å². The molecule has 2 amide bonds. The van der Waals surface area contributed by atoms with E-state index in [4.69, 9.17) is 19.2 Å². The summed E-state index contributed by atoms with van der Waals surface area (Å²) in [6.07, 6.45) is -1.72. The van der Waals surface area contributed by atoms with Crippen molar-refractivity contribution in [2.24, 2.45) is 0 Å². The fourth-order valence-electron chi connectivity index (χ4n) is 5.74. The number of amides is 2. The summed E-state index contributed by atoms with van der Waals surface area (Å²) in [6.45, 7) is 14.7. The monoisotopic (exact) mass is 684 g/mol. The van der Waals surface area contributed by atoms with Crippen molar-refractivity contribution in [1.82, 2.24) is 19.8 Å². The maximum Gasteiger partial charge on any atom is 0.416 e. The van der Waals surface area contributed by atoms with Gasteiger partial charge in [0.1, 0.15) is 17.9 Å². The van der Waals surface area contributed by atoms with E-state index < -0.39 is 23.2 Å². The van der Waals surface area contributed by atoms with E-state index in [9.17, 15) is 22.8 Å². The summed E-state index contributed by atoms with van der Waals surface area (Å²) in [7, 11) is 0. The van der Waals surface area contributed by atoms with E-state index in [0.717, 1.165) is 23.4 Å². The SMILES string of the molecule is Cc1ncc(NC(=O)c2cccc(C(F)(F)F)c2)cc1-c1cnc(OCCN2CCN(C(=O)OC(C)(C)C)CC2C)c(N2CCOCC2)c1. The Morgan fingerprint density at radius 2 is 1.78 bits per heavy atom. The highest BCUT2D eigenvalue weighted by molar-refractivity contribution is 6.04. The first-order chi connectivity index (χ1) is 23.2. The summed E-state index contributed by atoms with van der Waals surface area (Å²) in [5, 5.41) is 2.67. The third-order valence-corrected chi connectivity index (χ3v) is 8.33. The van der Waals surface area contributed by atoms with Crippen LogP contribution < -0.4 is 15.0 Å². The molecule has 11 nitrogen and oxygen atoms in total. The zero-order chi connectivity index (χ0) is 35.3. The number of morpholine rings is 1. The van der Waals surface area contributed by atoms with Crippen LogP contribution in [0.2, 0.25) is 0 Å². The molecule has 2 saturated heterocycles. The summed E-state index contributed by atoms with van der Waals surface area (Å²) >= 11 is 0. The van der Waals surface area contributed by atoms with Gasteiger partial charge in [-0.05, 0) is 65.0 Å². The minimum atomic E-state index is -4.56. The molecule has 264 valence electrons. The van der Waals surface area contributed by atoms with Crippen LogP contribution in [0.25, 0.3) is 11.1 Å². The molecule has 2 aliphatic heterocycles. The molecule has 14 heteroatoms. The highest BCUT2D eigenvalue weighted by Gasteiger charge is 2.32. The summed E-state index contributed by atoms with van der Waals surface area (Å²) in [5.74, 6) is -0.204. The second-order valence-electron chi connectivity index (χ2n) is 13.2. The van der Waals surface area contributed by atoms with E-state index in [1.165, 1.54) is 18.3 Å². The molecule has 1 unspecified atom stereocenters. The molecular weight excluding hydrogens is 641 g/mol. The maximum absolute atomic E-state index is 13.2. The number of benzene rings is 1. The Morgan fingerprint density at radius 3 is 2.47 bits per heavy atom. The molecule has 0 bridgehead atoms. The Hall–Kier alpha value is -4.43. The zero-order valence-electron chi connectivity index (χ0n) is 28.5. The number of pyridine rings is 2. The average Bonchev–Trinajstić information content (AvgIpc) is 3.05. The number of piperazine rings is 1. The van der Waals surface area contributed by atoms with E-state index in [1.807, 2.05) is 33.8 Å². The molecule has 3 aromatic rings. The van der Waals surface area contributed by atoms with Gasteiger partial charge in [0.25, 0.3) is 5.91 Å². The van der Waals surface area contributed by atoms with Crippen LogP contribution in [0.15, 0.2) is 48.8 Å². The number of hydrogen-bond acceptors (Lipinski definition) is 9. The molecular formula is C35H43F3N6O5. The molecule has 1 atom stereocenters. The van der Waals surface area contributed by atoms with E-state index >= 15 is 0 Å². The molecule has 49 heavy (non-hydrogen) atoms. The largest absolute Gasteiger partial charge is 0.475 e. The number of rotatable bonds is 8. The fraction of sp³-hybridized carbons (Fsp3) is 0.486. The molecule has 5 rings (SSSR count). The number of alkyl halides is 3. The Balaban J connectivity index is 1.29. The van der Waals surface area contributed by atoms with Crippen LogP contribution in [0.1, 0.15) is 49.3 Å². The van der Waals surface area contributed by atoms with Crippen molar-refractivity contribution in [2.45, 2.75) is 52.4 Å². The van der Waals surface area contributed by atoms with Crippen molar-refractivity contribution in [3.63, 3.8) is 0 Å². The van der Waals surface area contributed by atoms with Crippen LogP contribution in [0.3, 0.4) is 0 Å². The van der Waals surface area contributed by atoms with Crippen LogP contribution in [0.5, 0.6) is 5.88 Å². The van der Waals surface area contributed by atoms with Gasteiger partial charge in [-0.2, -0.15) is 13.2 Å². The molecule has 0 radical (unpaired) electrons. The van der Waals surface area contributed by atoms with Gasteiger partial charge in [-0.25, -0.2) is 9.78 Å². The molecule has 2 fully saturated rings. The van der Waals surface area contributed by atoms with Gasteiger partial charge in [-0.15, -0.1) is 0 Å². The number of carbonyl (C=O) groups excluding carboxylic acids is 2. The second kappa shape index (κ2) is 15.0. The van der Waals surface area contributed by atoms with Crippen molar-refractivity contribution >= 4 is 23.4 Å². The number of aryl methyl sites for hydroxylation is 1. The number of ether oxygens (including phenoxy) is 3. The third-order valence-electron chi connectivity index (χ3n) is 8.33. The van der Waals surface area contributed by atoms with E-state index in [0.29, 0.717) is 81.9 Å². The lowest BCUT2D eigenvalue weighted by molar-refractivity contribution is -0.137.